The molecule has 0 saturated carbocycles. The highest BCUT2D eigenvalue weighted by atomic mass is 19.2. The normalized spacial score (nSPS) is 9.77. The van der Waals surface area contributed by atoms with Crippen molar-refractivity contribution in [2.45, 2.75) is 0 Å². The van der Waals surface area contributed by atoms with E-state index < -0.39 is 17.5 Å². The highest BCUT2D eigenvalue weighted by molar-refractivity contribution is 5.26. The fourth-order valence-corrected chi connectivity index (χ4v) is 0.764. The lowest BCUT2D eigenvalue weighted by Crippen LogP contribution is -1.97. The SMILES string of the molecule is C=CCOc1cc(F)c(F)cc1F. The second kappa shape index (κ2) is 3.98. The monoisotopic (exact) mass is 188 g/mol. The number of hydrogen-bond donors (Lipinski definition) is 0. The molecule has 1 rings (SSSR count). The maximum absolute atomic E-state index is 12.8. The molecule has 1 nitrogen and oxygen atoms in total. The van der Waals surface area contributed by atoms with Crippen molar-refractivity contribution in [1.82, 2.24) is 0 Å². The van der Waals surface area contributed by atoms with E-state index in [9.17, 15) is 13.2 Å². The van der Waals surface area contributed by atoms with Crippen molar-refractivity contribution in [3.05, 3.63) is 42.2 Å². The molecule has 0 aromatic heterocycles. The lowest BCUT2D eigenvalue weighted by molar-refractivity contribution is 0.335. The molecule has 0 atom stereocenters. The van der Waals surface area contributed by atoms with Gasteiger partial charge < -0.3 is 4.74 Å². The van der Waals surface area contributed by atoms with Crippen molar-refractivity contribution < 1.29 is 17.9 Å². The second-order valence-electron chi connectivity index (χ2n) is 2.30. The van der Waals surface area contributed by atoms with Crippen LogP contribution in [0.15, 0.2) is 24.8 Å². The zero-order valence-corrected chi connectivity index (χ0v) is 6.69. The third kappa shape index (κ3) is 2.24. The van der Waals surface area contributed by atoms with Crippen molar-refractivity contribution in [2.75, 3.05) is 6.61 Å². The molecule has 0 spiro atoms. The molecule has 13 heavy (non-hydrogen) atoms. The summed E-state index contributed by atoms with van der Waals surface area (Å²) < 4.78 is 42.4. The maximum atomic E-state index is 12.8. The molecule has 0 aliphatic carbocycles. The van der Waals surface area contributed by atoms with E-state index in [-0.39, 0.29) is 12.4 Å². The van der Waals surface area contributed by atoms with Gasteiger partial charge in [0.25, 0.3) is 0 Å². The summed E-state index contributed by atoms with van der Waals surface area (Å²) in [5, 5.41) is 0. The third-order valence-electron chi connectivity index (χ3n) is 1.33. The van der Waals surface area contributed by atoms with Crippen molar-refractivity contribution in [3.8, 4) is 5.75 Å². The highest BCUT2D eigenvalue weighted by Gasteiger charge is 2.09. The van der Waals surface area contributed by atoms with Crippen LogP contribution in [0, 0.1) is 17.5 Å². The predicted octanol–water partition coefficient (Wildman–Crippen LogP) is 2.67. The van der Waals surface area contributed by atoms with E-state index in [4.69, 9.17) is 4.74 Å². The molecule has 0 amide bonds. The molecule has 0 bridgehead atoms. The molecule has 0 aliphatic heterocycles. The highest BCUT2D eigenvalue weighted by Crippen LogP contribution is 2.20. The van der Waals surface area contributed by atoms with E-state index in [1.807, 2.05) is 0 Å². The van der Waals surface area contributed by atoms with Gasteiger partial charge in [0.05, 0.1) is 0 Å². The van der Waals surface area contributed by atoms with Crippen LogP contribution < -0.4 is 4.74 Å². The standard InChI is InChI=1S/C9H7F3O/c1-2-3-13-9-5-7(11)6(10)4-8(9)12/h2,4-5H,1,3H2. The lowest BCUT2D eigenvalue weighted by Gasteiger charge is -2.04. The van der Waals surface area contributed by atoms with E-state index in [0.717, 1.165) is 0 Å². The minimum Gasteiger partial charge on any atom is -0.486 e. The Morgan fingerprint density at radius 3 is 2.38 bits per heavy atom. The molecule has 0 aliphatic rings. The summed E-state index contributed by atoms with van der Waals surface area (Å²) in [6.45, 7) is 3.37. The molecular formula is C9H7F3O. The van der Waals surface area contributed by atoms with Gasteiger partial charge in [-0.25, -0.2) is 13.2 Å². The molecule has 0 heterocycles. The number of rotatable bonds is 3. The van der Waals surface area contributed by atoms with Gasteiger partial charge in [-0.05, 0) is 0 Å². The summed E-state index contributed by atoms with van der Waals surface area (Å²) in [6, 6.07) is 1.10. The van der Waals surface area contributed by atoms with Gasteiger partial charge >= 0.3 is 0 Å². The largest absolute Gasteiger partial charge is 0.486 e. The van der Waals surface area contributed by atoms with E-state index in [2.05, 4.69) is 6.58 Å². The Hall–Kier alpha value is -1.45. The number of halogens is 3. The Morgan fingerprint density at radius 1 is 1.15 bits per heavy atom. The first-order valence-electron chi connectivity index (χ1n) is 3.53. The summed E-state index contributed by atoms with van der Waals surface area (Å²) in [4.78, 5) is 0. The maximum Gasteiger partial charge on any atom is 0.168 e. The zero-order chi connectivity index (χ0) is 9.84. The van der Waals surface area contributed by atoms with Crippen molar-refractivity contribution in [1.29, 1.82) is 0 Å². The first kappa shape index (κ1) is 9.64. The van der Waals surface area contributed by atoms with Crippen LogP contribution in [0.25, 0.3) is 0 Å². The summed E-state index contributed by atoms with van der Waals surface area (Å²) in [5.74, 6) is -3.62. The van der Waals surface area contributed by atoms with Gasteiger partial charge in [-0.2, -0.15) is 0 Å². The van der Waals surface area contributed by atoms with Crippen LogP contribution in [-0.4, -0.2) is 6.61 Å². The number of benzene rings is 1. The second-order valence-corrected chi connectivity index (χ2v) is 2.30. The zero-order valence-electron chi connectivity index (χ0n) is 6.69. The van der Waals surface area contributed by atoms with Crippen molar-refractivity contribution in [2.24, 2.45) is 0 Å². The van der Waals surface area contributed by atoms with Gasteiger partial charge in [-0.3, -0.25) is 0 Å². The van der Waals surface area contributed by atoms with E-state index >= 15 is 0 Å². The molecule has 1 aromatic rings. The van der Waals surface area contributed by atoms with Gasteiger partial charge in [0.15, 0.2) is 23.2 Å². The topological polar surface area (TPSA) is 9.23 Å². The van der Waals surface area contributed by atoms with Crippen LogP contribution >= 0.6 is 0 Å². The average Bonchev–Trinajstić information content (AvgIpc) is 2.09. The Balaban J connectivity index is 2.94. The van der Waals surface area contributed by atoms with Crippen molar-refractivity contribution in [3.63, 3.8) is 0 Å². The Morgan fingerprint density at radius 2 is 1.77 bits per heavy atom. The van der Waals surface area contributed by atoms with Crippen LogP contribution in [0.4, 0.5) is 13.2 Å². The Bertz CT molecular complexity index is 323. The van der Waals surface area contributed by atoms with Crippen LogP contribution in [0.1, 0.15) is 0 Å². The minimum atomic E-state index is -1.23. The van der Waals surface area contributed by atoms with Crippen molar-refractivity contribution >= 4 is 0 Å². The summed E-state index contributed by atoms with van der Waals surface area (Å²) >= 11 is 0. The van der Waals surface area contributed by atoms with Gasteiger partial charge in [0, 0.05) is 12.1 Å². The number of hydrogen-bond acceptors (Lipinski definition) is 1. The predicted molar refractivity (Wildman–Crippen MR) is 42.0 cm³/mol. The molecule has 0 fully saturated rings. The van der Waals surface area contributed by atoms with Gasteiger partial charge in [-0.15, -0.1) is 0 Å². The average molecular weight is 188 g/mol. The molecule has 0 saturated heterocycles. The molecule has 0 radical (unpaired) electrons. The first-order valence-corrected chi connectivity index (χ1v) is 3.53. The molecule has 0 N–H and O–H groups in total. The third-order valence-corrected chi connectivity index (χ3v) is 1.33. The van der Waals surface area contributed by atoms with Crippen LogP contribution in [0.5, 0.6) is 5.75 Å². The molecule has 70 valence electrons. The molecule has 4 heteroatoms. The van der Waals surface area contributed by atoms with Crippen LogP contribution in [0.2, 0.25) is 0 Å². The van der Waals surface area contributed by atoms with Gasteiger partial charge in [0.1, 0.15) is 6.61 Å². The van der Waals surface area contributed by atoms with Gasteiger partial charge in [-0.1, -0.05) is 12.7 Å². The quantitative estimate of drug-likeness (QED) is 0.523. The molecule has 1 aromatic carbocycles. The number of ether oxygens (including phenoxy) is 1. The van der Waals surface area contributed by atoms with Crippen LogP contribution in [-0.2, 0) is 0 Å². The molecular weight excluding hydrogens is 181 g/mol. The fourth-order valence-electron chi connectivity index (χ4n) is 0.764. The van der Waals surface area contributed by atoms with E-state index in [1.54, 1.807) is 0 Å². The van der Waals surface area contributed by atoms with Crippen LogP contribution in [0.3, 0.4) is 0 Å². The lowest BCUT2D eigenvalue weighted by atomic mass is 10.3. The van der Waals surface area contributed by atoms with E-state index in [1.165, 1.54) is 6.08 Å². The van der Waals surface area contributed by atoms with Gasteiger partial charge in [0.2, 0.25) is 0 Å². The van der Waals surface area contributed by atoms with E-state index in [0.29, 0.717) is 12.1 Å². The molecule has 0 unspecified atom stereocenters. The summed E-state index contributed by atoms with van der Waals surface area (Å²) in [5.41, 5.74) is 0. The first-order chi connectivity index (χ1) is 6.15. The fraction of sp³-hybridized carbons (Fsp3) is 0.111. The minimum absolute atomic E-state index is 0.0436. The summed E-state index contributed by atoms with van der Waals surface area (Å²) in [7, 11) is 0. The Kier molecular flexibility index (Phi) is 2.95. The Labute approximate surface area is 73.4 Å². The smallest absolute Gasteiger partial charge is 0.168 e. The summed E-state index contributed by atoms with van der Waals surface area (Å²) in [6.07, 6.45) is 1.38.